The molecule has 3 rings (SSSR count). The van der Waals surface area contributed by atoms with E-state index in [4.69, 9.17) is 0 Å². The van der Waals surface area contributed by atoms with Crippen molar-refractivity contribution in [3.05, 3.63) is 0 Å². The van der Waals surface area contributed by atoms with Gasteiger partial charge in [-0.1, -0.05) is 12.8 Å². The van der Waals surface area contributed by atoms with Crippen molar-refractivity contribution in [3.8, 4) is 0 Å². The summed E-state index contributed by atoms with van der Waals surface area (Å²) in [6, 6.07) is 0. The highest BCUT2D eigenvalue weighted by atomic mass is 19.1. The molecule has 3 heteroatoms. The molecule has 0 aromatic rings. The first-order valence-electron chi connectivity index (χ1n) is 5.62. The smallest absolute Gasteiger partial charge is 0.260 e. The zero-order valence-corrected chi connectivity index (χ0v) is 8.39. The van der Waals surface area contributed by atoms with E-state index in [2.05, 4.69) is 0 Å². The number of halogens is 1. The fourth-order valence-electron chi connectivity index (χ4n) is 2.96. The minimum atomic E-state index is -1.44. The zero-order chi connectivity index (χ0) is 9.81. The van der Waals surface area contributed by atoms with Gasteiger partial charge in [-0.25, -0.2) is 4.39 Å². The minimum absolute atomic E-state index is 0.227. The van der Waals surface area contributed by atoms with Gasteiger partial charge in [0.2, 0.25) is 0 Å². The third-order valence-corrected chi connectivity index (χ3v) is 4.08. The summed E-state index contributed by atoms with van der Waals surface area (Å²) in [5.41, 5.74) is -1.04. The first-order valence-corrected chi connectivity index (χ1v) is 5.62. The fourth-order valence-corrected chi connectivity index (χ4v) is 2.96. The molecular formula is C11H16FNO. The summed E-state index contributed by atoms with van der Waals surface area (Å²) < 4.78 is 13.4. The second kappa shape index (κ2) is 2.50. The molecular weight excluding hydrogens is 181 g/mol. The van der Waals surface area contributed by atoms with E-state index in [1.54, 1.807) is 4.90 Å². The van der Waals surface area contributed by atoms with Crippen LogP contribution >= 0.6 is 0 Å². The molecule has 1 amide bonds. The van der Waals surface area contributed by atoms with E-state index in [1.165, 1.54) is 25.7 Å². The predicted octanol–water partition coefficient (Wildman–Crippen LogP) is 1.89. The third-order valence-electron chi connectivity index (χ3n) is 4.08. The van der Waals surface area contributed by atoms with E-state index in [1.807, 2.05) is 0 Å². The van der Waals surface area contributed by atoms with Crippen LogP contribution in [-0.4, -0.2) is 29.6 Å². The fraction of sp³-hybridized carbons (Fsp3) is 0.909. The molecule has 3 aliphatic rings. The maximum atomic E-state index is 13.4. The summed E-state index contributed by atoms with van der Waals surface area (Å²) >= 11 is 0. The van der Waals surface area contributed by atoms with Crippen molar-refractivity contribution >= 4 is 5.91 Å². The quantitative estimate of drug-likeness (QED) is 0.628. The average molecular weight is 197 g/mol. The molecule has 2 saturated carbocycles. The molecule has 0 aromatic carbocycles. The van der Waals surface area contributed by atoms with Gasteiger partial charge in [-0.15, -0.1) is 0 Å². The highest BCUT2D eigenvalue weighted by molar-refractivity contribution is 5.88. The SMILES string of the molecule is O=C(N1CC2(CCCC2)C1)C1(F)CC1. The van der Waals surface area contributed by atoms with E-state index >= 15 is 0 Å². The largest absolute Gasteiger partial charge is 0.339 e. The molecule has 3 fully saturated rings. The molecule has 2 aliphatic carbocycles. The van der Waals surface area contributed by atoms with Crippen molar-refractivity contribution in [2.75, 3.05) is 13.1 Å². The standard InChI is InChI=1S/C11H16FNO/c12-11(5-6-11)9(14)13-7-10(8-13)3-1-2-4-10/h1-8H2. The predicted molar refractivity (Wildman–Crippen MR) is 50.6 cm³/mol. The normalized spacial score (nSPS) is 31.6. The average Bonchev–Trinajstić information content (AvgIpc) is 2.67. The third kappa shape index (κ3) is 1.11. The molecule has 2 nitrogen and oxygen atoms in total. The van der Waals surface area contributed by atoms with Crippen LogP contribution in [0.3, 0.4) is 0 Å². The number of hydrogen-bond acceptors (Lipinski definition) is 1. The lowest BCUT2D eigenvalue weighted by atomic mass is 9.78. The van der Waals surface area contributed by atoms with Gasteiger partial charge in [-0.2, -0.15) is 0 Å². The molecule has 0 bridgehead atoms. The van der Waals surface area contributed by atoms with Crippen molar-refractivity contribution in [2.45, 2.75) is 44.2 Å². The van der Waals surface area contributed by atoms with Gasteiger partial charge < -0.3 is 4.90 Å². The van der Waals surface area contributed by atoms with Crippen molar-refractivity contribution in [1.82, 2.24) is 4.90 Å². The minimum Gasteiger partial charge on any atom is -0.339 e. The van der Waals surface area contributed by atoms with E-state index in [0.29, 0.717) is 18.3 Å². The zero-order valence-electron chi connectivity index (χ0n) is 8.39. The molecule has 0 atom stereocenters. The highest BCUT2D eigenvalue weighted by Crippen LogP contribution is 2.49. The molecule has 1 aliphatic heterocycles. The Bertz CT molecular complexity index is 271. The Morgan fingerprint density at radius 2 is 1.64 bits per heavy atom. The summed E-state index contributed by atoms with van der Waals surface area (Å²) in [5.74, 6) is -0.227. The molecule has 78 valence electrons. The van der Waals surface area contributed by atoms with Crippen LogP contribution in [0.5, 0.6) is 0 Å². The van der Waals surface area contributed by atoms with Crippen molar-refractivity contribution in [3.63, 3.8) is 0 Å². The van der Waals surface area contributed by atoms with Crippen molar-refractivity contribution < 1.29 is 9.18 Å². The van der Waals surface area contributed by atoms with E-state index in [-0.39, 0.29) is 5.91 Å². The lowest BCUT2D eigenvalue weighted by Gasteiger charge is -2.48. The Kier molecular flexibility index (Phi) is 1.55. The number of carbonyl (C=O) groups is 1. The van der Waals surface area contributed by atoms with Crippen LogP contribution in [0.15, 0.2) is 0 Å². The molecule has 1 spiro atoms. The maximum absolute atomic E-state index is 13.4. The van der Waals surface area contributed by atoms with Gasteiger partial charge in [0.25, 0.3) is 5.91 Å². The number of likely N-dealkylation sites (tertiary alicyclic amines) is 1. The van der Waals surface area contributed by atoms with Gasteiger partial charge >= 0.3 is 0 Å². The van der Waals surface area contributed by atoms with E-state index in [0.717, 1.165) is 13.1 Å². The summed E-state index contributed by atoms with van der Waals surface area (Å²) in [6.07, 6.45) is 5.99. The number of carbonyl (C=O) groups excluding carboxylic acids is 1. The summed E-state index contributed by atoms with van der Waals surface area (Å²) in [6.45, 7) is 1.66. The number of hydrogen-bond donors (Lipinski definition) is 0. The van der Waals surface area contributed by atoms with Gasteiger partial charge in [0, 0.05) is 18.5 Å². The van der Waals surface area contributed by atoms with Crippen LogP contribution in [0.4, 0.5) is 4.39 Å². The van der Waals surface area contributed by atoms with E-state index in [9.17, 15) is 9.18 Å². The second-order valence-corrected chi connectivity index (χ2v) is 5.33. The summed E-state index contributed by atoms with van der Waals surface area (Å²) in [7, 11) is 0. The molecule has 1 heterocycles. The van der Waals surface area contributed by atoms with Crippen LogP contribution in [0.25, 0.3) is 0 Å². The number of amides is 1. The van der Waals surface area contributed by atoms with Gasteiger partial charge in [0.05, 0.1) is 0 Å². The number of nitrogens with zero attached hydrogens (tertiary/aromatic N) is 1. The van der Waals surface area contributed by atoms with Crippen molar-refractivity contribution in [2.24, 2.45) is 5.41 Å². The number of alkyl halides is 1. The monoisotopic (exact) mass is 197 g/mol. The van der Waals surface area contributed by atoms with Crippen LogP contribution in [-0.2, 0) is 4.79 Å². The highest BCUT2D eigenvalue weighted by Gasteiger charge is 2.57. The Hall–Kier alpha value is -0.600. The van der Waals surface area contributed by atoms with Gasteiger partial charge in [-0.05, 0) is 25.7 Å². The van der Waals surface area contributed by atoms with Crippen LogP contribution < -0.4 is 0 Å². The first kappa shape index (κ1) is 8.69. The molecule has 0 aromatic heterocycles. The maximum Gasteiger partial charge on any atom is 0.260 e. The molecule has 0 radical (unpaired) electrons. The topological polar surface area (TPSA) is 20.3 Å². The molecule has 14 heavy (non-hydrogen) atoms. The van der Waals surface area contributed by atoms with E-state index < -0.39 is 5.67 Å². The Balaban J connectivity index is 1.61. The van der Waals surface area contributed by atoms with Gasteiger partial charge in [0.15, 0.2) is 5.67 Å². The lowest BCUT2D eigenvalue weighted by Crippen LogP contribution is -2.59. The van der Waals surface area contributed by atoms with Crippen LogP contribution in [0, 0.1) is 5.41 Å². The van der Waals surface area contributed by atoms with Crippen LogP contribution in [0.2, 0.25) is 0 Å². The second-order valence-electron chi connectivity index (χ2n) is 5.33. The van der Waals surface area contributed by atoms with Gasteiger partial charge in [-0.3, -0.25) is 4.79 Å². The Labute approximate surface area is 83.5 Å². The first-order chi connectivity index (χ1) is 6.64. The molecule has 1 saturated heterocycles. The summed E-state index contributed by atoms with van der Waals surface area (Å²) in [4.78, 5) is 13.3. The Morgan fingerprint density at radius 3 is 2.14 bits per heavy atom. The van der Waals surface area contributed by atoms with Crippen LogP contribution in [0.1, 0.15) is 38.5 Å². The Morgan fingerprint density at radius 1 is 1.07 bits per heavy atom. The molecule has 0 N–H and O–H groups in total. The lowest BCUT2D eigenvalue weighted by molar-refractivity contribution is -0.150. The van der Waals surface area contributed by atoms with Crippen molar-refractivity contribution in [1.29, 1.82) is 0 Å². The van der Waals surface area contributed by atoms with Gasteiger partial charge in [0.1, 0.15) is 0 Å². The number of rotatable bonds is 1. The summed E-state index contributed by atoms with van der Waals surface area (Å²) in [5, 5.41) is 0. The molecule has 0 unspecified atom stereocenters.